The molecule has 2 aromatic rings. The fraction of sp³-hybridized carbons (Fsp3) is 0.469. The lowest BCUT2D eigenvalue weighted by Gasteiger charge is -2.00. The molecule has 0 heterocycles. The predicted molar refractivity (Wildman–Crippen MR) is 236 cm³/mol. The van der Waals surface area contributed by atoms with E-state index in [9.17, 15) is 0 Å². The van der Waals surface area contributed by atoms with Crippen LogP contribution in [-0.2, 0) is 0 Å². The van der Waals surface area contributed by atoms with E-state index in [1.165, 1.54) is 66.4 Å². The van der Waals surface area contributed by atoms with Crippen molar-refractivity contribution in [2.75, 3.05) is 0 Å². The third kappa shape index (κ3) is 60.7. The highest BCUT2D eigenvalue weighted by Gasteiger charge is 1.95. The van der Waals surface area contributed by atoms with E-state index < -0.39 is 0 Å². The lowest BCUT2D eigenvalue weighted by Crippen LogP contribution is -1.82. The first-order valence-corrected chi connectivity index (χ1v) is 19.4. The van der Waals surface area contributed by atoms with Gasteiger partial charge >= 0.3 is 0 Å². The van der Waals surface area contributed by atoms with Crippen LogP contribution < -0.4 is 0 Å². The summed E-state index contributed by atoms with van der Waals surface area (Å²) in [5, 5.41) is 0. The SMILES string of the molecule is C1CC1.C=C1C=C[CH]C(C)=C1.C=C1[CH]C=CC=C1.CC.CC.CC.CC.CCC.CCCC.Cc1ccc(C)cc1.Cc1cccc(C)c1. The quantitative estimate of drug-likeness (QED) is 0.283. The molecule has 280 valence electrons. The molecule has 2 radical (unpaired) electrons. The van der Waals surface area contributed by atoms with Gasteiger partial charge in [0.2, 0.25) is 0 Å². The molecule has 0 bridgehead atoms. The molecule has 0 aliphatic heterocycles. The number of allylic oxidation sites excluding steroid dienone is 10. The maximum atomic E-state index is 3.78. The Hall–Kier alpha value is -3.12. The van der Waals surface area contributed by atoms with Crippen LogP contribution in [0.25, 0.3) is 0 Å². The van der Waals surface area contributed by atoms with Crippen molar-refractivity contribution >= 4 is 0 Å². The molecule has 0 unspecified atom stereocenters. The molecule has 0 amide bonds. The van der Waals surface area contributed by atoms with Crippen molar-refractivity contribution in [3.8, 4) is 0 Å². The molecule has 0 nitrogen and oxygen atoms in total. The monoisotopic (exact) mass is 673 g/mol. The molecule has 0 spiro atoms. The highest BCUT2D eigenvalue weighted by Crippen LogP contribution is 2.15. The van der Waals surface area contributed by atoms with Gasteiger partial charge in [0.05, 0.1) is 0 Å². The number of benzene rings is 2. The Kier molecular flexibility index (Phi) is 61.3. The summed E-state index contributed by atoms with van der Waals surface area (Å²) in [6.07, 6.45) is 26.4. The first kappa shape index (κ1) is 58.1. The number of rotatable bonds is 1. The Balaban J connectivity index is -0.000000109. The third-order valence-electron chi connectivity index (χ3n) is 5.17. The summed E-state index contributed by atoms with van der Waals surface area (Å²) in [7, 11) is 0. The van der Waals surface area contributed by atoms with Crippen LogP contribution in [0.5, 0.6) is 0 Å². The molecular formula is C49H84. The van der Waals surface area contributed by atoms with Gasteiger partial charge < -0.3 is 0 Å². The average Bonchev–Trinajstić information content (AvgIpc) is 4.02. The van der Waals surface area contributed by atoms with Gasteiger partial charge in [-0.3, -0.25) is 0 Å². The van der Waals surface area contributed by atoms with E-state index in [1.807, 2.05) is 98.3 Å². The van der Waals surface area contributed by atoms with Crippen molar-refractivity contribution in [1.29, 1.82) is 0 Å². The summed E-state index contributed by atoms with van der Waals surface area (Å²) in [5.41, 5.74) is 8.77. The predicted octanol–water partition coefficient (Wildman–Crippen LogP) is 17.2. The molecule has 2 aromatic carbocycles. The maximum absolute atomic E-state index is 3.78. The summed E-state index contributed by atoms with van der Waals surface area (Å²) in [5.74, 6) is 0. The first-order valence-electron chi connectivity index (χ1n) is 19.4. The molecule has 0 aromatic heterocycles. The first-order chi connectivity index (χ1) is 23.6. The summed E-state index contributed by atoms with van der Waals surface area (Å²) in [6.45, 7) is 42.6. The van der Waals surface area contributed by atoms with Crippen LogP contribution in [0.1, 0.15) is 151 Å². The van der Waals surface area contributed by atoms with Crippen molar-refractivity contribution in [2.24, 2.45) is 0 Å². The second-order valence-corrected chi connectivity index (χ2v) is 10.6. The summed E-state index contributed by atoms with van der Waals surface area (Å²) in [4.78, 5) is 0. The van der Waals surface area contributed by atoms with Crippen molar-refractivity contribution in [3.05, 3.63) is 156 Å². The zero-order valence-corrected chi connectivity index (χ0v) is 36.0. The van der Waals surface area contributed by atoms with Gasteiger partial charge in [-0.05, 0) is 45.8 Å². The van der Waals surface area contributed by atoms with Gasteiger partial charge in [-0.1, -0.05) is 254 Å². The van der Waals surface area contributed by atoms with Crippen molar-refractivity contribution in [2.45, 2.75) is 156 Å². The zero-order chi connectivity index (χ0) is 39.3. The van der Waals surface area contributed by atoms with Crippen LogP contribution in [0, 0.1) is 40.5 Å². The maximum Gasteiger partial charge on any atom is 0.0119 e. The number of unbranched alkanes of at least 4 members (excludes halogenated alkanes) is 1. The minimum absolute atomic E-state index is 1.07. The highest BCUT2D eigenvalue weighted by atomic mass is 14.0. The van der Waals surface area contributed by atoms with Crippen molar-refractivity contribution in [1.82, 2.24) is 0 Å². The Morgan fingerprint density at radius 2 is 0.857 bits per heavy atom. The van der Waals surface area contributed by atoms with E-state index >= 15 is 0 Å². The van der Waals surface area contributed by atoms with Gasteiger partial charge in [0.15, 0.2) is 0 Å². The fourth-order valence-electron chi connectivity index (χ4n) is 2.63. The van der Waals surface area contributed by atoms with Gasteiger partial charge in [0.1, 0.15) is 0 Å². The van der Waals surface area contributed by atoms with Crippen molar-refractivity contribution < 1.29 is 0 Å². The van der Waals surface area contributed by atoms with Crippen LogP contribution in [0.15, 0.2) is 121 Å². The Morgan fingerprint density at radius 1 is 0.469 bits per heavy atom. The summed E-state index contributed by atoms with van der Waals surface area (Å²) < 4.78 is 0. The Morgan fingerprint density at radius 3 is 1.04 bits per heavy atom. The standard InChI is InChI=1S/2C8H10.C8H9.C7H7.C4H10.C3H6.C3H8.4C2H6/c1-7-3-5-8(2)6-4-7;2*1-7-4-3-5-8(2)6-7;1-7-5-3-2-4-6-7;1-3-4-2;1-2-3-1;1-3-2;4*1-2/h2*3-6H,1-2H3;3-6H,1H2,2H3;2-6H,1H2;3-4H2,1-2H3;1-3H2;3H2,1-2H3;4*1-2H3. The fourth-order valence-corrected chi connectivity index (χ4v) is 2.63. The molecule has 3 aliphatic carbocycles. The van der Waals surface area contributed by atoms with Gasteiger partial charge in [-0.2, -0.15) is 0 Å². The molecule has 1 saturated carbocycles. The number of hydrogen-bond acceptors (Lipinski definition) is 0. The van der Waals surface area contributed by atoms with E-state index in [4.69, 9.17) is 0 Å². The Bertz CT molecular complexity index is 993. The van der Waals surface area contributed by atoms with E-state index in [1.54, 1.807) is 0 Å². The lowest BCUT2D eigenvalue weighted by molar-refractivity contribution is 0.886. The zero-order valence-electron chi connectivity index (χ0n) is 36.0. The van der Waals surface area contributed by atoms with Crippen molar-refractivity contribution in [3.63, 3.8) is 0 Å². The topological polar surface area (TPSA) is 0 Å². The average molecular weight is 673 g/mol. The second-order valence-electron chi connectivity index (χ2n) is 10.6. The Labute approximate surface area is 311 Å². The second kappa shape index (κ2) is 51.7. The lowest BCUT2D eigenvalue weighted by atomic mass is 10.1. The molecule has 0 saturated heterocycles. The molecule has 49 heavy (non-hydrogen) atoms. The van der Waals surface area contributed by atoms with Crippen LogP contribution >= 0.6 is 0 Å². The van der Waals surface area contributed by atoms with Crippen LogP contribution in [0.2, 0.25) is 0 Å². The summed E-state index contributed by atoms with van der Waals surface area (Å²) in [6, 6.07) is 16.9. The minimum Gasteiger partial charge on any atom is -0.0952 e. The van der Waals surface area contributed by atoms with Gasteiger partial charge in [0, 0.05) is 12.8 Å². The molecule has 0 atom stereocenters. The largest absolute Gasteiger partial charge is 0.0952 e. The normalized spacial score (nSPS) is 11.6. The molecule has 0 N–H and O–H groups in total. The van der Waals surface area contributed by atoms with Crippen LogP contribution in [0.4, 0.5) is 0 Å². The molecule has 5 rings (SSSR count). The third-order valence-corrected chi connectivity index (χ3v) is 5.17. The van der Waals surface area contributed by atoms with Gasteiger partial charge in [0.25, 0.3) is 0 Å². The van der Waals surface area contributed by atoms with E-state index in [-0.39, 0.29) is 0 Å². The summed E-state index contributed by atoms with van der Waals surface area (Å²) >= 11 is 0. The molecular weight excluding hydrogens is 589 g/mol. The number of hydrogen-bond donors (Lipinski definition) is 0. The van der Waals surface area contributed by atoms with Crippen LogP contribution in [-0.4, -0.2) is 0 Å². The minimum atomic E-state index is 1.07. The number of aryl methyl sites for hydroxylation is 4. The van der Waals surface area contributed by atoms with Gasteiger partial charge in [-0.15, -0.1) is 0 Å². The van der Waals surface area contributed by atoms with E-state index in [2.05, 4.69) is 136 Å². The molecule has 3 aliphatic rings. The van der Waals surface area contributed by atoms with E-state index in [0.717, 1.165) is 11.1 Å². The highest BCUT2D eigenvalue weighted by molar-refractivity contribution is 5.41. The smallest absolute Gasteiger partial charge is 0.0119 e. The van der Waals surface area contributed by atoms with E-state index in [0.29, 0.717) is 0 Å². The molecule has 0 heteroatoms. The van der Waals surface area contributed by atoms with Gasteiger partial charge in [-0.25, -0.2) is 0 Å². The molecule has 1 fully saturated rings. The van der Waals surface area contributed by atoms with Crippen LogP contribution in [0.3, 0.4) is 0 Å².